The van der Waals surface area contributed by atoms with Gasteiger partial charge in [-0.1, -0.05) is 36.4 Å². The molecule has 0 radical (unpaired) electrons. The van der Waals surface area contributed by atoms with E-state index in [-0.39, 0.29) is 5.91 Å². The summed E-state index contributed by atoms with van der Waals surface area (Å²) in [4.78, 5) is 34.9. The van der Waals surface area contributed by atoms with Crippen LogP contribution in [0, 0.1) is 5.41 Å². The van der Waals surface area contributed by atoms with Gasteiger partial charge in [0.1, 0.15) is 16.9 Å². The minimum absolute atomic E-state index is 0.315. The minimum Gasteiger partial charge on any atom is -0.497 e. The number of ether oxygens (including phenoxy) is 2. The molecule has 33 heavy (non-hydrogen) atoms. The highest BCUT2D eigenvalue weighted by molar-refractivity contribution is 6.25. The average Bonchev–Trinajstić information content (AvgIpc) is 3.27. The van der Waals surface area contributed by atoms with E-state index in [1.54, 1.807) is 50.5 Å². The number of carbonyl (C=O) groups excluding carboxylic acids is 2. The van der Waals surface area contributed by atoms with Gasteiger partial charge in [-0.2, -0.15) is 0 Å². The SMILES string of the molecule is COc1ccc(C2N(c3ccccc3)OC3C(=O)N(c4cccc(OC)c4)C(=O)C32C)cc1. The summed E-state index contributed by atoms with van der Waals surface area (Å²) in [6, 6.07) is 23.4. The molecule has 3 aromatic carbocycles. The third-order valence-corrected chi connectivity index (χ3v) is 6.43. The first kappa shape index (κ1) is 21.0. The minimum atomic E-state index is -1.15. The first-order valence-electron chi connectivity index (χ1n) is 10.7. The quantitative estimate of drug-likeness (QED) is 0.551. The number of carbonyl (C=O) groups is 2. The lowest BCUT2D eigenvalue weighted by Gasteiger charge is -2.32. The van der Waals surface area contributed by atoms with Crippen LogP contribution in [0.3, 0.4) is 0 Å². The van der Waals surface area contributed by atoms with Gasteiger partial charge in [-0.25, -0.2) is 9.96 Å². The number of para-hydroxylation sites is 1. The van der Waals surface area contributed by atoms with E-state index < -0.39 is 23.5 Å². The smallest absolute Gasteiger partial charge is 0.266 e. The molecule has 2 aliphatic rings. The van der Waals surface area contributed by atoms with Gasteiger partial charge in [0, 0.05) is 6.07 Å². The second-order valence-electron chi connectivity index (χ2n) is 8.29. The molecule has 0 aliphatic carbocycles. The van der Waals surface area contributed by atoms with Crippen molar-refractivity contribution in [2.45, 2.75) is 19.1 Å². The zero-order chi connectivity index (χ0) is 23.2. The van der Waals surface area contributed by atoms with Crippen LogP contribution in [-0.2, 0) is 14.4 Å². The number of methoxy groups -OCH3 is 2. The topological polar surface area (TPSA) is 68.3 Å². The molecule has 0 bridgehead atoms. The lowest BCUT2D eigenvalue weighted by atomic mass is 9.76. The zero-order valence-corrected chi connectivity index (χ0v) is 18.6. The fourth-order valence-electron chi connectivity index (χ4n) is 4.71. The summed E-state index contributed by atoms with van der Waals surface area (Å²) in [7, 11) is 3.15. The number of hydrogen-bond donors (Lipinski definition) is 0. The predicted molar refractivity (Wildman–Crippen MR) is 123 cm³/mol. The van der Waals surface area contributed by atoms with Crippen molar-refractivity contribution in [2.24, 2.45) is 5.41 Å². The molecule has 7 heteroatoms. The molecule has 3 aromatic rings. The highest BCUT2D eigenvalue weighted by Gasteiger charge is 2.68. The number of hydroxylamine groups is 1. The number of nitrogens with zero attached hydrogens (tertiary/aromatic N) is 2. The normalized spacial score (nSPS) is 24.2. The zero-order valence-electron chi connectivity index (χ0n) is 18.6. The Morgan fingerprint density at radius 2 is 1.48 bits per heavy atom. The maximum Gasteiger partial charge on any atom is 0.266 e. The molecule has 2 saturated heterocycles. The molecule has 0 N–H and O–H groups in total. The van der Waals surface area contributed by atoms with E-state index in [4.69, 9.17) is 14.3 Å². The van der Waals surface area contributed by atoms with E-state index in [2.05, 4.69) is 0 Å². The Morgan fingerprint density at radius 3 is 2.15 bits per heavy atom. The lowest BCUT2D eigenvalue weighted by molar-refractivity contribution is -0.128. The maximum absolute atomic E-state index is 13.9. The van der Waals surface area contributed by atoms with Crippen molar-refractivity contribution in [3.8, 4) is 11.5 Å². The van der Waals surface area contributed by atoms with Crippen molar-refractivity contribution in [2.75, 3.05) is 24.2 Å². The lowest BCUT2D eigenvalue weighted by Crippen LogP contribution is -2.41. The molecule has 0 saturated carbocycles. The summed E-state index contributed by atoms with van der Waals surface area (Å²) < 4.78 is 10.6. The molecule has 2 fully saturated rings. The molecule has 3 atom stereocenters. The van der Waals surface area contributed by atoms with Crippen LogP contribution in [-0.4, -0.2) is 32.1 Å². The van der Waals surface area contributed by atoms with Gasteiger partial charge in [0.15, 0.2) is 6.10 Å². The van der Waals surface area contributed by atoms with Gasteiger partial charge >= 0.3 is 0 Å². The van der Waals surface area contributed by atoms with E-state index >= 15 is 0 Å². The van der Waals surface area contributed by atoms with Crippen molar-refractivity contribution in [1.82, 2.24) is 0 Å². The number of amides is 2. The fourth-order valence-corrected chi connectivity index (χ4v) is 4.71. The molecule has 0 spiro atoms. The van der Waals surface area contributed by atoms with Crippen LogP contribution >= 0.6 is 0 Å². The van der Waals surface area contributed by atoms with Crippen molar-refractivity contribution < 1.29 is 23.9 Å². The van der Waals surface area contributed by atoms with Crippen LogP contribution < -0.4 is 19.4 Å². The number of hydrogen-bond acceptors (Lipinski definition) is 6. The van der Waals surface area contributed by atoms with E-state index in [0.29, 0.717) is 17.2 Å². The Bertz CT molecular complexity index is 1200. The van der Waals surface area contributed by atoms with Gasteiger partial charge in [0.25, 0.3) is 5.91 Å². The number of imide groups is 1. The van der Waals surface area contributed by atoms with Crippen molar-refractivity contribution in [1.29, 1.82) is 0 Å². The molecule has 2 aliphatic heterocycles. The Labute approximate surface area is 192 Å². The summed E-state index contributed by atoms with van der Waals surface area (Å²) in [6.07, 6.45) is -0.969. The largest absolute Gasteiger partial charge is 0.497 e. The Hall–Kier alpha value is -3.84. The molecular formula is C26H24N2O5. The maximum atomic E-state index is 13.9. The average molecular weight is 444 g/mol. The second kappa shape index (κ2) is 7.94. The molecule has 5 rings (SSSR count). The molecule has 7 nitrogen and oxygen atoms in total. The van der Waals surface area contributed by atoms with Gasteiger partial charge in [-0.15, -0.1) is 0 Å². The van der Waals surface area contributed by atoms with Crippen molar-refractivity contribution in [3.63, 3.8) is 0 Å². The van der Waals surface area contributed by atoms with E-state index in [1.807, 2.05) is 54.6 Å². The van der Waals surface area contributed by atoms with E-state index in [9.17, 15) is 9.59 Å². The van der Waals surface area contributed by atoms with E-state index in [1.165, 1.54) is 4.90 Å². The Morgan fingerprint density at radius 1 is 0.818 bits per heavy atom. The highest BCUT2D eigenvalue weighted by Crippen LogP contribution is 2.55. The summed E-state index contributed by atoms with van der Waals surface area (Å²) in [5.41, 5.74) is 0.925. The first-order chi connectivity index (χ1) is 16.0. The van der Waals surface area contributed by atoms with Crippen LogP contribution in [0.1, 0.15) is 18.5 Å². The fraction of sp³-hybridized carbons (Fsp3) is 0.231. The molecular weight excluding hydrogens is 420 g/mol. The third-order valence-electron chi connectivity index (χ3n) is 6.43. The van der Waals surface area contributed by atoms with Gasteiger partial charge < -0.3 is 9.47 Å². The Balaban J connectivity index is 1.62. The monoisotopic (exact) mass is 444 g/mol. The third kappa shape index (κ3) is 3.15. The van der Waals surface area contributed by atoms with Gasteiger partial charge in [-0.3, -0.25) is 14.4 Å². The van der Waals surface area contributed by atoms with Crippen molar-refractivity contribution in [3.05, 3.63) is 84.4 Å². The number of benzene rings is 3. The molecule has 3 unspecified atom stereocenters. The van der Waals surface area contributed by atoms with Crippen LogP contribution in [0.25, 0.3) is 0 Å². The summed E-state index contributed by atoms with van der Waals surface area (Å²) in [5.74, 6) is 0.559. The number of anilines is 2. The number of fused-ring (bicyclic) bond motifs is 1. The summed E-state index contributed by atoms with van der Waals surface area (Å²) in [5, 5.41) is 1.69. The Kier molecular flexibility index (Phi) is 5.06. The van der Waals surface area contributed by atoms with E-state index in [0.717, 1.165) is 11.3 Å². The predicted octanol–water partition coefficient (Wildman–Crippen LogP) is 4.15. The highest BCUT2D eigenvalue weighted by atomic mass is 16.7. The molecule has 168 valence electrons. The molecule has 2 amide bonds. The van der Waals surface area contributed by atoms with Crippen LogP contribution in [0.5, 0.6) is 11.5 Å². The van der Waals surface area contributed by atoms with Crippen molar-refractivity contribution >= 4 is 23.2 Å². The van der Waals surface area contributed by atoms with Gasteiger partial charge in [-0.05, 0) is 48.9 Å². The van der Waals surface area contributed by atoms with Gasteiger partial charge in [0.2, 0.25) is 5.91 Å². The molecule has 2 heterocycles. The number of rotatable bonds is 5. The van der Waals surface area contributed by atoms with Crippen LogP contribution in [0.15, 0.2) is 78.9 Å². The standard InChI is InChI=1S/C26H24N2O5/c1-26-22(17-12-14-20(31-2)15-13-17)28(18-8-5-4-6-9-18)33-23(26)24(29)27(25(26)30)19-10-7-11-21(16-19)32-3/h4-16,22-23H,1-3H3. The van der Waals surface area contributed by atoms with Crippen LogP contribution in [0.4, 0.5) is 11.4 Å². The second-order valence-corrected chi connectivity index (χ2v) is 8.29. The van der Waals surface area contributed by atoms with Gasteiger partial charge in [0.05, 0.1) is 31.6 Å². The summed E-state index contributed by atoms with van der Waals surface area (Å²) in [6.45, 7) is 1.80. The summed E-state index contributed by atoms with van der Waals surface area (Å²) >= 11 is 0. The van der Waals surface area contributed by atoms with Crippen LogP contribution in [0.2, 0.25) is 0 Å². The first-order valence-corrected chi connectivity index (χ1v) is 10.7. The molecule has 0 aromatic heterocycles.